The van der Waals surface area contributed by atoms with Gasteiger partial charge >= 0.3 is 11.9 Å². The topological polar surface area (TPSA) is 168 Å². The maximum absolute atomic E-state index is 13.1. The van der Waals surface area contributed by atoms with Crippen LogP contribution in [0, 0.1) is 0 Å². The van der Waals surface area contributed by atoms with Crippen LogP contribution in [0.2, 0.25) is 0 Å². The van der Waals surface area contributed by atoms with E-state index in [1.807, 2.05) is 12.1 Å². The molecule has 12 heteroatoms. The van der Waals surface area contributed by atoms with Gasteiger partial charge in [-0.2, -0.15) is 0 Å². The number of benzene rings is 6. The van der Waals surface area contributed by atoms with Gasteiger partial charge in [0.25, 0.3) is 23.6 Å². The van der Waals surface area contributed by atoms with Crippen molar-refractivity contribution in [2.24, 2.45) is 0 Å². The van der Waals surface area contributed by atoms with Crippen molar-refractivity contribution < 1.29 is 48.5 Å². The lowest BCUT2D eigenvalue weighted by Gasteiger charge is -2.16. The van der Waals surface area contributed by atoms with Crippen LogP contribution in [0.15, 0.2) is 121 Å². The molecule has 2 N–H and O–H groups in total. The zero-order valence-electron chi connectivity index (χ0n) is 26.6. The van der Waals surface area contributed by atoms with Crippen LogP contribution in [-0.4, -0.2) is 45.8 Å². The first kappa shape index (κ1) is 31.7. The molecule has 4 amide bonds. The monoisotopic (exact) mass is 690 g/mol. The second-order valence-electron chi connectivity index (χ2n) is 11.8. The number of imide groups is 2. The number of fused-ring (bicyclic) bond motifs is 3. The third-order valence-electron chi connectivity index (χ3n) is 8.75. The quantitative estimate of drug-likeness (QED) is 0.153. The number of carbonyl (C=O) groups excluding carboxylic acids is 4. The third kappa shape index (κ3) is 5.18. The van der Waals surface area contributed by atoms with E-state index < -0.39 is 35.6 Å². The third-order valence-corrected chi connectivity index (χ3v) is 8.75. The molecule has 0 bridgehead atoms. The van der Waals surface area contributed by atoms with Crippen molar-refractivity contribution in [3.63, 3.8) is 0 Å². The molecule has 2 aliphatic heterocycles. The van der Waals surface area contributed by atoms with Crippen molar-refractivity contribution >= 4 is 57.7 Å². The largest absolute Gasteiger partial charge is 0.478 e. The molecular weight excluding hydrogens is 668 g/mol. The Kier molecular flexibility index (Phi) is 7.35. The van der Waals surface area contributed by atoms with Crippen LogP contribution in [0.3, 0.4) is 0 Å². The first-order valence-corrected chi connectivity index (χ1v) is 15.7. The van der Waals surface area contributed by atoms with Gasteiger partial charge in [-0.05, 0) is 97.1 Å². The van der Waals surface area contributed by atoms with Gasteiger partial charge in [-0.25, -0.2) is 19.4 Å². The van der Waals surface area contributed by atoms with Gasteiger partial charge in [-0.3, -0.25) is 19.2 Å². The van der Waals surface area contributed by atoms with Gasteiger partial charge in [-0.1, -0.05) is 24.3 Å². The van der Waals surface area contributed by atoms with E-state index >= 15 is 0 Å². The zero-order valence-corrected chi connectivity index (χ0v) is 26.6. The molecule has 0 fully saturated rings. The Morgan fingerprint density at radius 1 is 0.442 bits per heavy atom. The minimum Gasteiger partial charge on any atom is -0.478 e. The summed E-state index contributed by atoms with van der Waals surface area (Å²) in [6.45, 7) is 0. The molecule has 0 saturated carbocycles. The SMILES string of the molecule is O=C(O)c1ccc2c(c1)C(=O)N(c1ccc(Oc3cccc4c(Oc5ccc(N6C(=O)c7ccc(C(=O)O)cc7C6=O)cc5)cccc34)cc1)C2=O. The summed E-state index contributed by atoms with van der Waals surface area (Å²) in [5, 5.41) is 20.0. The van der Waals surface area contributed by atoms with Crippen LogP contribution >= 0.6 is 0 Å². The Hall–Kier alpha value is -7.60. The van der Waals surface area contributed by atoms with E-state index in [9.17, 15) is 39.0 Å². The zero-order chi connectivity index (χ0) is 36.3. The normalized spacial score (nSPS) is 13.4. The maximum atomic E-state index is 13.1. The van der Waals surface area contributed by atoms with Crippen molar-refractivity contribution in [2.45, 2.75) is 0 Å². The molecule has 0 aromatic heterocycles. The molecule has 2 heterocycles. The van der Waals surface area contributed by atoms with E-state index in [2.05, 4.69) is 0 Å². The van der Waals surface area contributed by atoms with Crippen LogP contribution in [0.5, 0.6) is 23.0 Å². The molecule has 8 rings (SSSR count). The summed E-state index contributed by atoms with van der Waals surface area (Å²) in [7, 11) is 0. The Labute approximate surface area is 293 Å². The van der Waals surface area contributed by atoms with E-state index in [1.54, 1.807) is 72.8 Å². The number of carboxylic acid groups (broad SMARTS) is 2. The van der Waals surface area contributed by atoms with E-state index in [0.29, 0.717) is 34.4 Å². The highest BCUT2D eigenvalue weighted by molar-refractivity contribution is 6.35. The average molecular weight is 691 g/mol. The number of carboxylic acids is 2. The van der Waals surface area contributed by atoms with Crippen molar-refractivity contribution in [2.75, 3.05) is 9.80 Å². The summed E-state index contributed by atoms with van der Waals surface area (Å²) in [4.78, 5) is 76.9. The number of hydrogen-bond donors (Lipinski definition) is 2. The fourth-order valence-corrected chi connectivity index (χ4v) is 6.23. The molecule has 0 aliphatic carbocycles. The number of carbonyl (C=O) groups is 6. The van der Waals surface area contributed by atoms with Crippen molar-refractivity contribution in [3.05, 3.63) is 155 Å². The van der Waals surface area contributed by atoms with Crippen LogP contribution in [0.1, 0.15) is 62.1 Å². The molecular formula is C40H22N2O10. The summed E-state index contributed by atoms with van der Waals surface area (Å²) in [6, 6.07) is 31.2. The highest BCUT2D eigenvalue weighted by Crippen LogP contribution is 2.38. The molecule has 52 heavy (non-hydrogen) atoms. The van der Waals surface area contributed by atoms with Crippen molar-refractivity contribution in [1.29, 1.82) is 0 Å². The minimum atomic E-state index is -1.20. The minimum absolute atomic E-state index is 0.0235. The van der Waals surface area contributed by atoms with E-state index in [0.717, 1.165) is 20.6 Å². The number of rotatable bonds is 8. The van der Waals surface area contributed by atoms with E-state index in [-0.39, 0.29) is 33.4 Å². The highest BCUT2D eigenvalue weighted by Gasteiger charge is 2.38. The summed E-state index contributed by atoms with van der Waals surface area (Å²) in [5.74, 6) is -2.89. The molecule has 0 saturated heterocycles. The van der Waals surface area contributed by atoms with Crippen LogP contribution < -0.4 is 19.3 Å². The molecule has 2 aliphatic rings. The average Bonchev–Trinajstić information content (AvgIpc) is 3.55. The fourth-order valence-electron chi connectivity index (χ4n) is 6.23. The molecule has 252 valence electrons. The second kappa shape index (κ2) is 12.1. The molecule has 0 spiro atoms. The Morgan fingerprint density at radius 3 is 1.17 bits per heavy atom. The summed E-state index contributed by atoms with van der Waals surface area (Å²) in [5.41, 5.74) is 0.709. The Morgan fingerprint density at radius 2 is 0.808 bits per heavy atom. The van der Waals surface area contributed by atoms with Gasteiger partial charge in [0.15, 0.2) is 0 Å². The number of nitrogens with zero attached hydrogens (tertiary/aromatic N) is 2. The van der Waals surface area contributed by atoms with Gasteiger partial charge in [0, 0.05) is 10.8 Å². The highest BCUT2D eigenvalue weighted by atomic mass is 16.5. The molecule has 6 aromatic carbocycles. The summed E-state index contributed by atoms with van der Waals surface area (Å²) >= 11 is 0. The first-order chi connectivity index (χ1) is 25.1. The van der Waals surface area contributed by atoms with E-state index in [4.69, 9.17) is 9.47 Å². The number of amides is 4. The summed E-state index contributed by atoms with van der Waals surface area (Å²) in [6.07, 6.45) is 0. The lowest BCUT2D eigenvalue weighted by molar-refractivity contribution is 0.0686. The van der Waals surface area contributed by atoms with Crippen LogP contribution in [0.25, 0.3) is 10.8 Å². The second-order valence-corrected chi connectivity index (χ2v) is 11.8. The van der Waals surface area contributed by atoms with Gasteiger partial charge in [0.05, 0.1) is 44.8 Å². The van der Waals surface area contributed by atoms with Crippen molar-refractivity contribution in [3.8, 4) is 23.0 Å². The number of anilines is 2. The molecule has 6 aromatic rings. The van der Waals surface area contributed by atoms with E-state index in [1.165, 1.54) is 36.4 Å². The fraction of sp³-hybridized carbons (Fsp3) is 0. The van der Waals surface area contributed by atoms with Gasteiger partial charge < -0.3 is 19.7 Å². The predicted octanol–water partition coefficient (Wildman–Crippen LogP) is 7.42. The first-order valence-electron chi connectivity index (χ1n) is 15.7. The van der Waals surface area contributed by atoms with Gasteiger partial charge in [0.2, 0.25) is 0 Å². The number of ether oxygens (including phenoxy) is 2. The lowest BCUT2D eigenvalue weighted by Crippen LogP contribution is -2.29. The standard InChI is InChI=1S/C40H22N2O10/c43-35-29-17-7-21(39(47)48)19-31(29)37(45)41(35)23-9-13-25(14-10-23)51-33-5-1-3-27-28(33)4-2-6-34(27)52-26-15-11-24(12-16-26)42-36(44)30-18-8-22(40(49)50)20-32(30)38(42)46/h1-20H,(H,47,48)(H,49,50). The molecule has 12 nitrogen and oxygen atoms in total. The summed E-state index contributed by atoms with van der Waals surface area (Å²) < 4.78 is 12.4. The van der Waals surface area contributed by atoms with Crippen LogP contribution in [0.4, 0.5) is 11.4 Å². The maximum Gasteiger partial charge on any atom is 0.335 e. The van der Waals surface area contributed by atoms with Crippen molar-refractivity contribution in [1.82, 2.24) is 0 Å². The molecule has 0 unspecified atom stereocenters. The van der Waals surface area contributed by atoms with Crippen LogP contribution in [-0.2, 0) is 0 Å². The predicted molar refractivity (Wildman–Crippen MR) is 186 cm³/mol. The van der Waals surface area contributed by atoms with Gasteiger partial charge in [0.1, 0.15) is 23.0 Å². The Bertz CT molecular complexity index is 2380. The van der Waals surface area contributed by atoms with Gasteiger partial charge in [-0.15, -0.1) is 0 Å². The molecule has 0 radical (unpaired) electrons. The Balaban J connectivity index is 0.994. The lowest BCUT2D eigenvalue weighted by atomic mass is 10.1. The smallest absolute Gasteiger partial charge is 0.335 e. The number of hydrogen-bond acceptors (Lipinski definition) is 8. The number of aromatic carboxylic acids is 2. The molecule has 0 atom stereocenters.